The first-order valence-corrected chi connectivity index (χ1v) is 8.33. The minimum Gasteiger partial charge on any atom is -0.350 e. The van der Waals surface area contributed by atoms with Crippen molar-refractivity contribution in [2.45, 2.75) is 39.3 Å². The fourth-order valence-electron chi connectivity index (χ4n) is 1.87. The second kappa shape index (κ2) is 6.01. The zero-order valence-electron chi connectivity index (χ0n) is 12.8. The van der Waals surface area contributed by atoms with E-state index < -0.39 is 33.3 Å². The summed E-state index contributed by atoms with van der Waals surface area (Å²) >= 11 is 0. The minimum atomic E-state index is -3.68. The van der Waals surface area contributed by atoms with Gasteiger partial charge in [-0.3, -0.25) is 9.10 Å². The average molecular weight is 316 g/mol. The summed E-state index contributed by atoms with van der Waals surface area (Å²) in [6.45, 7) is 6.91. The van der Waals surface area contributed by atoms with Crippen LogP contribution in [0.5, 0.6) is 0 Å². The van der Waals surface area contributed by atoms with Crippen molar-refractivity contribution < 1.29 is 17.6 Å². The van der Waals surface area contributed by atoms with Crippen molar-refractivity contribution >= 4 is 21.6 Å². The molecule has 0 aliphatic carbocycles. The van der Waals surface area contributed by atoms with Gasteiger partial charge in [0.2, 0.25) is 15.9 Å². The summed E-state index contributed by atoms with van der Waals surface area (Å²) in [6, 6.07) is 4.03. The first-order valence-electron chi connectivity index (χ1n) is 6.49. The van der Waals surface area contributed by atoms with Gasteiger partial charge < -0.3 is 5.32 Å². The molecule has 1 aromatic carbocycles. The van der Waals surface area contributed by atoms with Gasteiger partial charge in [0.25, 0.3) is 0 Å². The molecule has 21 heavy (non-hydrogen) atoms. The second-order valence-corrected chi connectivity index (χ2v) is 7.81. The highest BCUT2D eigenvalue weighted by molar-refractivity contribution is 7.92. The molecule has 0 radical (unpaired) electrons. The topological polar surface area (TPSA) is 66.5 Å². The molecule has 1 amide bonds. The Morgan fingerprint density at radius 1 is 1.24 bits per heavy atom. The van der Waals surface area contributed by atoms with Crippen LogP contribution in [0.15, 0.2) is 24.3 Å². The van der Waals surface area contributed by atoms with E-state index in [0.717, 1.165) is 22.7 Å². The van der Waals surface area contributed by atoms with Gasteiger partial charge in [-0.2, -0.15) is 0 Å². The van der Waals surface area contributed by atoms with Crippen molar-refractivity contribution in [1.82, 2.24) is 5.32 Å². The van der Waals surface area contributed by atoms with Crippen molar-refractivity contribution in [1.29, 1.82) is 0 Å². The Kier molecular flexibility index (Phi) is 4.99. The van der Waals surface area contributed by atoms with Crippen molar-refractivity contribution in [2.75, 3.05) is 10.6 Å². The van der Waals surface area contributed by atoms with Crippen molar-refractivity contribution in [3.8, 4) is 0 Å². The molecule has 0 heterocycles. The van der Waals surface area contributed by atoms with Crippen LogP contribution in [-0.2, 0) is 14.8 Å². The number of nitrogens with one attached hydrogen (secondary N) is 1. The molecule has 1 N–H and O–H groups in total. The molecule has 5 nitrogen and oxygen atoms in total. The van der Waals surface area contributed by atoms with Crippen LogP contribution in [0.3, 0.4) is 0 Å². The van der Waals surface area contributed by atoms with E-state index in [0.29, 0.717) is 0 Å². The van der Waals surface area contributed by atoms with Gasteiger partial charge in [0.1, 0.15) is 11.9 Å². The third-order valence-electron chi connectivity index (χ3n) is 2.67. The molecule has 0 fully saturated rings. The first-order chi connectivity index (χ1) is 9.42. The molecular formula is C14H21FN2O3S. The van der Waals surface area contributed by atoms with Gasteiger partial charge in [-0.05, 0) is 52.0 Å². The lowest BCUT2D eigenvalue weighted by molar-refractivity contribution is -0.123. The number of amides is 1. The van der Waals surface area contributed by atoms with E-state index >= 15 is 0 Å². The number of anilines is 1. The Labute approximate surface area is 125 Å². The number of rotatable bonds is 4. The lowest BCUT2D eigenvalue weighted by Crippen LogP contribution is -2.52. The summed E-state index contributed by atoms with van der Waals surface area (Å²) in [5.41, 5.74) is -0.229. The van der Waals surface area contributed by atoms with Gasteiger partial charge in [0.15, 0.2) is 0 Å². The van der Waals surface area contributed by atoms with Crippen LogP contribution in [-0.4, -0.2) is 32.2 Å². The van der Waals surface area contributed by atoms with E-state index in [2.05, 4.69) is 5.32 Å². The number of hydrogen-bond donors (Lipinski definition) is 1. The Hall–Kier alpha value is -1.63. The number of benzene rings is 1. The van der Waals surface area contributed by atoms with Crippen LogP contribution in [0.2, 0.25) is 0 Å². The maximum Gasteiger partial charge on any atom is 0.244 e. The predicted octanol–water partition coefficient (Wildman–Crippen LogP) is 1.89. The third-order valence-corrected chi connectivity index (χ3v) is 3.91. The number of carbonyl (C=O) groups excluding carboxylic acids is 1. The smallest absolute Gasteiger partial charge is 0.244 e. The summed E-state index contributed by atoms with van der Waals surface area (Å²) in [4.78, 5) is 12.2. The SMILES string of the molecule is C[C@@H](C(=O)NC(C)(C)C)N(c1ccc(F)cc1)S(C)(=O)=O. The van der Waals surface area contributed by atoms with Crippen molar-refractivity contribution in [3.63, 3.8) is 0 Å². The van der Waals surface area contributed by atoms with E-state index in [4.69, 9.17) is 0 Å². The molecule has 0 spiro atoms. The average Bonchev–Trinajstić information content (AvgIpc) is 2.27. The molecule has 0 unspecified atom stereocenters. The fourth-order valence-corrected chi connectivity index (χ4v) is 3.05. The Morgan fingerprint density at radius 3 is 2.10 bits per heavy atom. The standard InChI is InChI=1S/C14H21FN2O3S/c1-10(13(18)16-14(2,3)4)17(21(5,19)20)12-8-6-11(15)7-9-12/h6-10H,1-5H3,(H,16,18)/t10-/m0/s1. The summed E-state index contributed by atoms with van der Waals surface area (Å²) in [7, 11) is -3.68. The number of hydrogen-bond acceptors (Lipinski definition) is 3. The normalized spacial score (nSPS) is 13.6. The molecule has 0 aliphatic heterocycles. The number of carbonyl (C=O) groups is 1. The molecule has 1 aromatic rings. The van der Waals surface area contributed by atoms with Crippen LogP contribution in [0.1, 0.15) is 27.7 Å². The predicted molar refractivity (Wildman–Crippen MR) is 81.1 cm³/mol. The molecule has 0 aliphatic rings. The summed E-state index contributed by atoms with van der Waals surface area (Å²) in [5, 5.41) is 2.73. The zero-order valence-corrected chi connectivity index (χ0v) is 13.7. The number of sulfonamides is 1. The van der Waals surface area contributed by atoms with Crippen LogP contribution in [0.25, 0.3) is 0 Å². The van der Waals surface area contributed by atoms with Gasteiger partial charge in [-0.15, -0.1) is 0 Å². The molecule has 1 atom stereocenters. The maximum atomic E-state index is 13.0. The van der Waals surface area contributed by atoms with Gasteiger partial charge in [0, 0.05) is 5.54 Å². The molecule has 0 saturated carbocycles. The zero-order chi connectivity index (χ0) is 16.4. The summed E-state index contributed by atoms with van der Waals surface area (Å²) in [5.74, 6) is -0.892. The Balaban J connectivity index is 3.15. The van der Waals surface area contributed by atoms with Crippen LogP contribution in [0.4, 0.5) is 10.1 Å². The van der Waals surface area contributed by atoms with E-state index in [1.165, 1.54) is 19.1 Å². The highest BCUT2D eigenvalue weighted by atomic mass is 32.2. The molecule has 0 saturated heterocycles. The van der Waals surface area contributed by atoms with Crippen LogP contribution >= 0.6 is 0 Å². The van der Waals surface area contributed by atoms with Crippen molar-refractivity contribution in [2.24, 2.45) is 0 Å². The van der Waals surface area contributed by atoms with Crippen LogP contribution in [0, 0.1) is 5.82 Å². The quantitative estimate of drug-likeness (QED) is 0.922. The van der Waals surface area contributed by atoms with Gasteiger partial charge in [-0.25, -0.2) is 12.8 Å². The summed E-state index contributed by atoms with van der Waals surface area (Å²) < 4.78 is 37.9. The maximum absolute atomic E-state index is 13.0. The first kappa shape index (κ1) is 17.4. The van der Waals surface area contributed by atoms with Gasteiger partial charge >= 0.3 is 0 Å². The highest BCUT2D eigenvalue weighted by Gasteiger charge is 2.30. The molecule has 0 bridgehead atoms. The second-order valence-electron chi connectivity index (χ2n) is 5.95. The van der Waals surface area contributed by atoms with E-state index in [1.54, 1.807) is 20.8 Å². The molecule has 0 aromatic heterocycles. The van der Waals surface area contributed by atoms with E-state index in [1.807, 2.05) is 0 Å². The molecular weight excluding hydrogens is 295 g/mol. The largest absolute Gasteiger partial charge is 0.350 e. The van der Waals surface area contributed by atoms with Crippen molar-refractivity contribution in [3.05, 3.63) is 30.1 Å². The van der Waals surface area contributed by atoms with E-state index in [-0.39, 0.29) is 5.69 Å². The fraction of sp³-hybridized carbons (Fsp3) is 0.500. The highest BCUT2D eigenvalue weighted by Crippen LogP contribution is 2.21. The number of halogens is 1. The third kappa shape index (κ3) is 5.00. The van der Waals surface area contributed by atoms with E-state index in [9.17, 15) is 17.6 Å². The molecule has 118 valence electrons. The van der Waals surface area contributed by atoms with Gasteiger partial charge in [-0.1, -0.05) is 0 Å². The monoisotopic (exact) mass is 316 g/mol. The number of nitrogens with zero attached hydrogens (tertiary/aromatic N) is 1. The lowest BCUT2D eigenvalue weighted by Gasteiger charge is -2.31. The summed E-state index contributed by atoms with van der Waals surface area (Å²) in [6.07, 6.45) is 1.01. The van der Waals surface area contributed by atoms with Crippen LogP contribution < -0.4 is 9.62 Å². The Bertz CT molecular complexity index is 606. The lowest BCUT2D eigenvalue weighted by atomic mass is 10.1. The molecule has 7 heteroatoms. The Morgan fingerprint density at radius 2 is 1.71 bits per heavy atom. The molecule has 1 rings (SSSR count). The minimum absolute atomic E-state index is 0.246. The van der Waals surface area contributed by atoms with Gasteiger partial charge in [0.05, 0.1) is 11.9 Å².